The van der Waals surface area contributed by atoms with Crippen molar-refractivity contribution < 1.29 is 4.79 Å². The largest absolute Gasteiger partial charge is 0.339 e. The van der Waals surface area contributed by atoms with Gasteiger partial charge in [-0.05, 0) is 29.8 Å². The molecule has 0 saturated carbocycles. The van der Waals surface area contributed by atoms with Crippen molar-refractivity contribution in [2.45, 2.75) is 11.4 Å². The molecule has 0 radical (unpaired) electrons. The van der Waals surface area contributed by atoms with Gasteiger partial charge in [0, 0.05) is 31.1 Å². The van der Waals surface area contributed by atoms with Crippen molar-refractivity contribution in [3.8, 4) is 0 Å². The number of thioether (sulfide) groups is 1. The van der Waals surface area contributed by atoms with E-state index >= 15 is 0 Å². The molecule has 1 amide bonds. The van der Waals surface area contributed by atoms with Crippen LogP contribution in [-0.4, -0.2) is 52.3 Å². The van der Waals surface area contributed by atoms with Crippen LogP contribution in [0.5, 0.6) is 0 Å². The molecule has 0 aliphatic carbocycles. The van der Waals surface area contributed by atoms with Crippen LogP contribution >= 0.6 is 11.8 Å². The third kappa shape index (κ3) is 4.50. The Hall–Kier alpha value is -3.25. The number of rotatable bonds is 6. The average molecular weight is 443 g/mol. The smallest absolute Gasteiger partial charge is 0.233 e. The Bertz CT molecular complexity index is 1180. The molecule has 4 aromatic rings. The van der Waals surface area contributed by atoms with Gasteiger partial charge in [0.2, 0.25) is 11.9 Å². The number of amides is 1. The van der Waals surface area contributed by atoms with E-state index in [1.54, 1.807) is 11.8 Å². The Labute approximate surface area is 192 Å². The van der Waals surface area contributed by atoms with Gasteiger partial charge in [-0.15, -0.1) is 11.8 Å². The second-order valence-corrected chi connectivity index (χ2v) is 8.99. The quantitative estimate of drug-likeness (QED) is 0.412. The molecule has 1 saturated heterocycles. The van der Waals surface area contributed by atoms with Crippen LogP contribution in [0.15, 0.2) is 89.8 Å². The van der Waals surface area contributed by atoms with Gasteiger partial charge in [-0.2, -0.15) is 0 Å². The molecule has 0 bridgehead atoms. The molecular formula is C26H26N4OS. The van der Waals surface area contributed by atoms with Crippen LogP contribution < -0.4 is 4.90 Å². The van der Waals surface area contributed by atoms with Crippen molar-refractivity contribution in [1.29, 1.82) is 0 Å². The summed E-state index contributed by atoms with van der Waals surface area (Å²) in [6, 6.07) is 28.9. The second-order valence-electron chi connectivity index (χ2n) is 7.94. The highest BCUT2D eigenvalue weighted by molar-refractivity contribution is 8.00. The van der Waals surface area contributed by atoms with Crippen LogP contribution in [0.3, 0.4) is 0 Å². The minimum Gasteiger partial charge on any atom is -0.339 e. The minimum absolute atomic E-state index is 0.205. The van der Waals surface area contributed by atoms with E-state index in [1.807, 2.05) is 47.4 Å². The summed E-state index contributed by atoms with van der Waals surface area (Å²) >= 11 is 1.60. The fourth-order valence-electron chi connectivity index (χ4n) is 4.14. The zero-order valence-corrected chi connectivity index (χ0v) is 18.7. The summed E-state index contributed by atoms with van der Waals surface area (Å²) in [5.74, 6) is 1.67. The number of hydrogen-bond donors (Lipinski definition) is 0. The predicted octanol–water partition coefficient (Wildman–Crippen LogP) is 4.53. The summed E-state index contributed by atoms with van der Waals surface area (Å²) in [5, 5.41) is 0. The summed E-state index contributed by atoms with van der Waals surface area (Å²) in [5.41, 5.74) is 3.41. The van der Waals surface area contributed by atoms with Crippen molar-refractivity contribution in [1.82, 2.24) is 14.5 Å². The lowest BCUT2D eigenvalue weighted by Crippen LogP contribution is -2.50. The normalized spacial score (nSPS) is 14.1. The Morgan fingerprint density at radius 3 is 2.22 bits per heavy atom. The van der Waals surface area contributed by atoms with Crippen LogP contribution in [0.4, 0.5) is 5.95 Å². The third-order valence-corrected chi connectivity index (χ3v) is 6.84. The predicted molar refractivity (Wildman–Crippen MR) is 131 cm³/mol. The third-order valence-electron chi connectivity index (χ3n) is 5.84. The topological polar surface area (TPSA) is 41.4 Å². The van der Waals surface area contributed by atoms with E-state index in [9.17, 15) is 4.79 Å². The van der Waals surface area contributed by atoms with E-state index in [-0.39, 0.29) is 5.91 Å². The number of carbonyl (C=O) groups is 1. The lowest BCUT2D eigenvalue weighted by atomic mass is 10.2. The number of carbonyl (C=O) groups excluding carboxylic acids is 1. The molecule has 5 rings (SSSR count). The first kappa shape index (κ1) is 20.6. The van der Waals surface area contributed by atoms with E-state index < -0.39 is 0 Å². The molecule has 1 aliphatic rings. The van der Waals surface area contributed by atoms with Crippen LogP contribution in [0.2, 0.25) is 0 Å². The number of benzene rings is 3. The number of nitrogens with zero attached hydrogens (tertiary/aromatic N) is 4. The molecule has 1 aliphatic heterocycles. The highest BCUT2D eigenvalue weighted by atomic mass is 32.2. The van der Waals surface area contributed by atoms with E-state index in [0.717, 1.165) is 54.6 Å². The van der Waals surface area contributed by atoms with Crippen molar-refractivity contribution in [2.75, 3.05) is 36.8 Å². The molecule has 0 atom stereocenters. The fraction of sp³-hybridized carbons (Fsp3) is 0.231. The maximum absolute atomic E-state index is 12.7. The number of imidazole rings is 1. The minimum atomic E-state index is 0.205. The fourth-order valence-corrected chi connectivity index (χ4v) is 4.96. The molecule has 0 unspecified atom stereocenters. The summed E-state index contributed by atoms with van der Waals surface area (Å²) in [6.07, 6.45) is 0. The summed E-state index contributed by atoms with van der Waals surface area (Å²) < 4.78 is 2.30. The van der Waals surface area contributed by atoms with E-state index in [1.165, 1.54) is 5.56 Å². The van der Waals surface area contributed by atoms with Crippen molar-refractivity contribution in [3.63, 3.8) is 0 Å². The first-order valence-corrected chi connectivity index (χ1v) is 12.0. The Morgan fingerprint density at radius 2 is 1.47 bits per heavy atom. The van der Waals surface area contributed by atoms with Gasteiger partial charge in [0.15, 0.2) is 0 Å². The van der Waals surface area contributed by atoms with Gasteiger partial charge in [0.25, 0.3) is 0 Å². The Balaban J connectivity index is 1.28. The molecule has 2 heterocycles. The van der Waals surface area contributed by atoms with Gasteiger partial charge in [0.1, 0.15) is 0 Å². The highest BCUT2D eigenvalue weighted by Gasteiger charge is 2.25. The van der Waals surface area contributed by atoms with Gasteiger partial charge in [-0.3, -0.25) is 4.79 Å². The van der Waals surface area contributed by atoms with Gasteiger partial charge in [-0.1, -0.05) is 60.7 Å². The van der Waals surface area contributed by atoms with Crippen molar-refractivity contribution in [2.24, 2.45) is 0 Å². The maximum atomic E-state index is 12.7. The number of piperazine rings is 1. The number of fused-ring (bicyclic) bond motifs is 1. The van der Waals surface area contributed by atoms with Crippen molar-refractivity contribution >= 4 is 34.7 Å². The van der Waals surface area contributed by atoms with Gasteiger partial charge in [0.05, 0.1) is 23.3 Å². The van der Waals surface area contributed by atoms with Gasteiger partial charge in [-0.25, -0.2) is 4.98 Å². The van der Waals surface area contributed by atoms with E-state index in [0.29, 0.717) is 5.75 Å². The summed E-state index contributed by atoms with van der Waals surface area (Å²) in [4.78, 5) is 23.1. The molecule has 1 aromatic heterocycles. The number of para-hydroxylation sites is 2. The Kier molecular flexibility index (Phi) is 6.12. The lowest BCUT2D eigenvalue weighted by Gasteiger charge is -2.35. The Morgan fingerprint density at radius 1 is 0.812 bits per heavy atom. The van der Waals surface area contributed by atoms with Gasteiger partial charge < -0.3 is 14.4 Å². The molecule has 6 heteroatoms. The highest BCUT2D eigenvalue weighted by Crippen LogP contribution is 2.25. The molecule has 5 nitrogen and oxygen atoms in total. The van der Waals surface area contributed by atoms with E-state index in [4.69, 9.17) is 4.98 Å². The molecule has 0 spiro atoms. The zero-order valence-electron chi connectivity index (χ0n) is 17.9. The monoisotopic (exact) mass is 442 g/mol. The molecule has 162 valence electrons. The first-order chi connectivity index (χ1) is 15.8. The lowest BCUT2D eigenvalue weighted by molar-refractivity contribution is -0.128. The summed E-state index contributed by atoms with van der Waals surface area (Å²) in [7, 11) is 0. The van der Waals surface area contributed by atoms with Crippen LogP contribution in [0.1, 0.15) is 5.56 Å². The standard InChI is InChI=1S/C26H26N4OS/c31-25(20-32-22-11-5-2-6-12-22)28-15-17-29(18-16-28)26-27-23-13-7-8-14-24(23)30(26)19-21-9-3-1-4-10-21/h1-14H,15-20H2. The van der Waals surface area contributed by atoms with Gasteiger partial charge >= 0.3 is 0 Å². The van der Waals surface area contributed by atoms with E-state index in [2.05, 4.69) is 51.9 Å². The molecular weight excluding hydrogens is 416 g/mol. The molecule has 32 heavy (non-hydrogen) atoms. The summed E-state index contributed by atoms with van der Waals surface area (Å²) in [6.45, 7) is 3.81. The molecule has 0 N–H and O–H groups in total. The number of aromatic nitrogens is 2. The first-order valence-electron chi connectivity index (χ1n) is 11.0. The van der Waals surface area contributed by atoms with Crippen molar-refractivity contribution in [3.05, 3.63) is 90.5 Å². The molecule has 1 fully saturated rings. The average Bonchev–Trinajstić information content (AvgIpc) is 3.22. The number of anilines is 1. The number of hydrogen-bond acceptors (Lipinski definition) is 4. The van der Waals surface area contributed by atoms with Crippen LogP contribution in [-0.2, 0) is 11.3 Å². The second kappa shape index (κ2) is 9.49. The molecule has 3 aromatic carbocycles. The SMILES string of the molecule is O=C(CSc1ccccc1)N1CCN(c2nc3ccccc3n2Cc2ccccc2)CC1. The zero-order chi connectivity index (χ0) is 21.8. The van der Waals surface area contributed by atoms with Crippen LogP contribution in [0, 0.1) is 0 Å². The maximum Gasteiger partial charge on any atom is 0.233 e. The van der Waals surface area contributed by atoms with Crippen LogP contribution in [0.25, 0.3) is 11.0 Å².